The zero-order valence-electron chi connectivity index (χ0n) is 12.7. The van der Waals surface area contributed by atoms with Crippen molar-refractivity contribution in [3.63, 3.8) is 0 Å². The van der Waals surface area contributed by atoms with E-state index in [4.69, 9.17) is 12.2 Å². The molecule has 1 aliphatic heterocycles. The Morgan fingerprint density at radius 1 is 1.12 bits per heavy atom. The molecule has 4 nitrogen and oxygen atoms in total. The molecule has 0 bridgehead atoms. The smallest absolute Gasteiger partial charge is 0.350 e. The first-order chi connectivity index (χ1) is 11.9. The van der Waals surface area contributed by atoms with E-state index in [1.54, 1.807) is 0 Å². The Balaban J connectivity index is 2.14. The molecule has 0 radical (unpaired) electrons. The lowest BCUT2D eigenvalue weighted by atomic mass is 10.0. The molecule has 1 aromatic carbocycles. The first-order valence-electron chi connectivity index (χ1n) is 6.94. The van der Waals surface area contributed by atoms with E-state index in [1.165, 1.54) is 4.90 Å². The molecule has 0 unspecified atom stereocenters. The fourth-order valence-electron chi connectivity index (χ4n) is 2.07. The van der Waals surface area contributed by atoms with Gasteiger partial charge in [-0.2, -0.15) is 26.3 Å². The highest BCUT2D eigenvalue weighted by Gasteiger charge is 2.37. The predicted molar refractivity (Wildman–Crippen MR) is 85.5 cm³/mol. The van der Waals surface area contributed by atoms with Crippen LogP contribution in [0.5, 0.6) is 0 Å². The Morgan fingerprint density at radius 2 is 1.65 bits per heavy atom. The maximum atomic E-state index is 12.8. The lowest BCUT2D eigenvalue weighted by Crippen LogP contribution is -2.37. The summed E-state index contributed by atoms with van der Waals surface area (Å²) in [5.74, 6) is -1.26. The molecule has 1 aromatic rings. The van der Waals surface area contributed by atoms with Crippen molar-refractivity contribution in [1.29, 1.82) is 0 Å². The average molecular weight is 416 g/mol. The van der Waals surface area contributed by atoms with Crippen molar-refractivity contribution in [2.24, 2.45) is 0 Å². The molecule has 0 aliphatic carbocycles. The van der Waals surface area contributed by atoms with Crippen molar-refractivity contribution in [3.05, 3.63) is 34.9 Å². The molecule has 1 fully saturated rings. The van der Waals surface area contributed by atoms with Crippen molar-refractivity contribution in [3.8, 4) is 0 Å². The SMILES string of the molecule is O=C(NCCN1C(=O)CSC1=S)c1cc(C(F)(F)F)cc(C(F)(F)F)c1. The second-order valence-electron chi connectivity index (χ2n) is 5.15. The van der Waals surface area contributed by atoms with Gasteiger partial charge in [0.05, 0.1) is 16.9 Å². The Kier molecular flexibility index (Phi) is 5.85. The van der Waals surface area contributed by atoms with Crippen LogP contribution in [0.2, 0.25) is 0 Å². The number of hydrogen-bond donors (Lipinski definition) is 1. The molecule has 0 spiro atoms. The second-order valence-corrected chi connectivity index (χ2v) is 6.76. The highest BCUT2D eigenvalue weighted by Crippen LogP contribution is 2.36. The molecule has 2 rings (SSSR count). The monoisotopic (exact) mass is 416 g/mol. The van der Waals surface area contributed by atoms with Crippen molar-refractivity contribution in [1.82, 2.24) is 10.2 Å². The summed E-state index contributed by atoms with van der Waals surface area (Å²) >= 11 is 6.03. The molecular formula is C14H10F6N2O2S2. The molecule has 1 heterocycles. The molecular weight excluding hydrogens is 406 g/mol. The van der Waals surface area contributed by atoms with Gasteiger partial charge in [-0.15, -0.1) is 0 Å². The van der Waals surface area contributed by atoms with E-state index in [0.29, 0.717) is 16.5 Å². The molecule has 1 N–H and O–H groups in total. The van der Waals surface area contributed by atoms with Crippen LogP contribution < -0.4 is 5.32 Å². The van der Waals surface area contributed by atoms with E-state index in [9.17, 15) is 35.9 Å². The number of rotatable bonds is 4. The largest absolute Gasteiger partial charge is 0.416 e. The van der Waals surface area contributed by atoms with E-state index in [1.807, 2.05) is 0 Å². The fourth-order valence-corrected chi connectivity index (χ4v) is 3.19. The number of benzene rings is 1. The van der Waals surface area contributed by atoms with E-state index < -0.39 is 35.0 Å². The number of thioether (sulfide) groups is 1. The van der Waals surface area contributed by atoms with Gasteiger partial charge in [-0.1, -0.05) is 24.0 Å². The molecule has 0 saturated carbocycles. The van der Waals surface area contributed by atoms with E-state index in [2.05, 4.69) is 5.32 Å². The Bertz CT molecular complexity index is 700. The van der Waals surface area contributed by atoms with Crippen LogP contribution in [0.3, 0.4) is 0 Å². The number of carbonyl (C=O) groups is 2. The van der Waals surface area contributed by atoms with Crippen LogP contribution >= 0.6 is 24.0 Å². The number of nitrogens with zero attached hydrogens (tertiary/aromatic N) is 1. The maximum Gasteiger partial charge on any atom is 0.416 e. The Hall–Kier alpha value is -1.82. The number of amides is 2. The zero-order chi connectivity index (χ0) is 19.7. The Morgan fingerprint density at radius 3 is 2.08 bits per heavy atom. The first-order valence-corrected chi connectivity index (χ1v) is 8.34. The van der Waals surface area contributed by atoms with Crippen LogP contribution in [-0.2, 0) is 17.1 Å². The van der Waals surface area contributed by atoms with E-state index in [-0.39, 0.29) is 30.8 Å². The normalized spacial score (nSPS) is 15.5. The third-order valence-corrected chi connectivity index (χ3v) is 4.74. The number of halogens is 6. The van der Waals surface area contributed by atoms with Gasteiger partial charge in [-0.05, 0) is 18.2 Å². The minimum Gasteiger partial charge on any atom is -0.350 e. The quantitative estimate of drug-likeness (QED) is 0.605. The van der Waals surface area contributed by atoms with Crippen molar-refractivity contribution in [2.45, 2.75) is 12.4 Å². The van der Waals surface area contributed by atoms with Gasteiger partial charge in [0.25, 0.3) is 5.91 Å². The number of carbonyl (C=O) groups excluding carboxylic acids is 2. The van der Waals surface area contributed by atoms with Gasteiger partial charge in [-0.25, -0.2) is 0 Å². The molecule has 1 aliphatic rings. The summed E-state index contributed by atoms with van der Waals surface area (Å²) in [4.78, 5) is 24.6. The lowest BCUT2D eigenvalue weighted by Gasteiger charge is -2.16. The van der Waals surface area contributed by atoms with Gasteiger partial charge in [0.1, 0.15) is 4.32 Å². The van der Waals surface area contributed by atoms with Gasteiger partial charge in [0.2, 0.25) is 5.91 Å². The van der Waals surface area contributed by atoms with Crippen LogP contribution in [0.15, 0.2) is 18.2 Å². The summed E-state index contributed by atoms with van der Waals surface area (Å²) in [6, 6.07) is 0.619. The summed E-state index contributed by atoms with van der Waals surface area (Å²) in [6.07, 6.45) is -10.1. The highest BCUT2D eigenvalue weighted by molar-refractivity contribution is 8.23. The average Bonchev–Trinajstić information content (AvgIpc) is 2.84. The summed E-state index contributed by atoms with van der Waals surface area (Å²) < 4.78 is 77.0. The van der Waals surface area contributed by atoms with Crippen molar-refractivity contribution in [2.75, 3.05) is 18.8 Å². The molecule has 142 valence electrons. The van der Waals surface area contributed by atoms with Crippen molar-refractivity contribution >= 4 is 40.1 Å². The van der Waals surface area contributed by atoms with Crippen molar-refractivity contribution < 1.29 is 35.9 Å². The zero-order valence-corrected chi connectivity index (χ0v) is 14.3. The number of alkyl halides is 6. The highest BCUT2D eigenvalue weighted by atomic mass is 32.2. The predicted octanol–water partition coefficient (Wildman–Crippen LogP) is 3.31. The number of thiocarbonyl (C=S) groups is 1. The van der Waals surface area contributed by atoms with Gasteiger partial charge in [-0.3, -0.25) is 14.5 Å². The standard InChI is InChI=1S/C14H10F6N2O2S2/c15-13(16,17)8-3-7(4-9(5-8)14(18,19)20)11(24)21-1-2-22-10(23)6-26-12(22)25/h3-5H,1-2,6H2,(H,21,24). The molecule has 26 heavy (non-hydrogen) atoms. The van der Waals surface area contributed by atoms with Gasteiger partial charge >= 0.3 is 12.4 Å². The van der Waals surface area contributed by atoms with Crippen LogP contribution in [-0.4, -0.2) is 39.9 Å². The minimum absolute atomic E-state index is 0.0263. The molecule has 12 heteroatoms. The summed E-state index contributed by atoms with van der Waals surface area (Å²) in [6.45, 7) is -0.204. The summed E-state index contributed by atoms with van der Waals surface area (Å²) in [5, 5.41) is 2.19. The van der Waals surface area contributed by atoms with Crippen LogP contribution in [0.25, 0.3) is 0 Å². The van der Waals surface area contributed by atoms with Gasteiger partial charge in [0, 0.05) is 18.7 Å². The van der Waals surface area contributed by atoms with Gasteiger partial charge < -0.3 is 5.32 Å². The van der Waals surface area contributed by atoms with Gasteiger partial charge in [0.15, 0.2) is 0 Å². The Labute approximate surface area is 152 Å². The lowest BCUT2D eigenvalue weighted by molar-refractivity contribution is -0.143. The molecule has 2 amide bonds. The maximum absolute atomic E-state index is 12.8. The number of nitrogens with one attached hydrogen (secondary N) is 1. The van der Waals surface area contributed by atoms with Crippen LogP contribution in [0.4, 0.5) is 26.3 Å². The third kappa shape index (κ3) is 4.87. The summed E-state index contributed by atoms with van der Waals surface area (Å²) in [7, 11) is 0. The fraction of sp³-hybridized carbons (Fsp3) is 0.357. The third-order valence-electron chi connectivity index (χ3n) is 3.31. The topological polar surface area (TPSA) is 49.4 Å². The molecule has 0 atom stereocenters. The van der Waals surface area contributed by atoms with Crippen LogP contribution in [0.1, 0.15) is 21.5 Å². The second kappa shape index (κ2) is 7.43. The first kappa shape index (κ1) is 20.5. The summed E-state index contributed by atoms with van der Waals surface area (Å²) in [5.41, 5.74) is -3.94. The molecule has 0 aromatic heterocycles. The van der Waals surface area contributed by atoms with Crippen LogP contribution in [0, 0.1) is 0 Å². The minimum atomic E-state index is -5.04. The van der Waals surface area contributed by atoms with E-state index in [0.717, 1.165) is 11.8 Å². The molecule has 1 saturated heterocycles. The number of hydrogen-bond acceptors (Lipinski definition) is 4. The van der Waals surface area contributed by atoms with E-state index >= 15 is 0 Å².